The monoisotopic (exact) mass is 400 g/mol. The maximum atomic E-state index is 11.9. The summed E-state index contributed by atoms with van der Waals surface area (Å²) < 4.78 is 12.1. The Balaban J connectivity index is 0.000000390. The van der Waals surface area contributed by atoms with Crippen molar-refractivity contribution >= 4 is 12.2 Å². The molecular formula is C22H32N4O3. The molecular weight excluding hydrogens is 368 g/mol. The first-order chi connectivity index (χ1) is 14.0. The van der Waals surface area contributed by atoms with Gasteiger partial charge in [0.25, 0.3) is 0 Å². The summed E-state index contributed by atoms with van der Waals surface area (Å²) in [6.07, 6.45) is 4.46. The number of nitrogens with zero attached hydrogens (tertiary/aromatic N) is 3. The third-order valence-electron chi connectivity index (χ3n) is 3.73. The van der Waals surface area contributed by atoms with Crippen LogP contribution in [0.1, 0.15) is 64.4 Å². The molecule has 2 aromatic heterocycles. The van der Waals surface area contributed by atoms with E-state index in [1.165, 1.54) is 10.1 Å². The maximum Gasteiger partial charge on any atom is 0.420 e. The lowest BCUT2D eigenvalue weighted by Crippen LogP contribution is -2.32. The van der Waals surface area contributed by atoms with Crippen LogP contribution in [0.25, 0.3) is 12.2 Å². The summed E-state index contributed by atoms with van der Waals surface area (Å²) in [7, 11) is 0. The zero-order valence-electron chi connectivity index (χ0n) is 18.2. The lowest BCUT2D eigenvalue weighted by atomic mass is 10.2. The molecule has 1 atom stereocenters. The van der Waals surface area contributed by atoms with Crippen LogP contribution in [0.3, 0.4) is 0 Å². The number of oxazole rings is 1. The minimum Gasteiger partial charge on any atom is -0.422 e. The number of aryl methyl sites for hydroxylation is 1. The van der Waals surface area contributed by atoms with E-state index in [9.17, 15) is 4.79 Å². The second kappa shape index (κ2) is 12.5. The van der Waals surface area contributed by atoms with Crippen molar-refractivity contribution in [2.45, 2.75) is 60.5 Å². The molecule has 0 radical (unpaired) electrons. The van der Waals surface area contributed by atoms with Gasteiger partial charge in [-0.2, -0.15) is 0 Å². The van der Waals surface area contributed by atoms with E-state index < -0.39 is 5.76 Å². The van der Waals surface area contributed by atoms with Gasteiger partial charge < -0.3 is 14.6 Å². The highest BCUT2D eigenvalue weighted by atomic mass is 16.4. The summed E-state index contributed by atoms with van der Waals surface area (Å²) >= 11 is 0. The van der Waals surface area contributed by atoms with Crippen LogP contribution in [-0.2, 0) is 6.54 Å². The quantitative estimate of drug-likeness (QED) is 0.723. The molecule has 2 N–H and O–H groups in total. The molecule has 29 heavy (non-hydrogen) atoms. The largest absolute Gasteiger partial charge is 0.422 e. The molecule has 0 bridgehead atoms. The summed E-state index contributed by atoms with van der Waals surface area (Å²) in [6.45, 7) is 11.8. The zero-order valence-corrected chi connectivity index (χ0v) is 18.2. The van der Waals surface area contributed by atoms with Crippen molar-refractivity contribution in [3.8, 4) is 0 Å². The molecule has 0 amide bonds. The van der Waals surface area contributed by atoms with E-state index in [4.69, 9.17) is 14.6 Å². The Kier molecular flexibility index (Phi) is 10.4. The van der Waals surface area contributed by atoms with Gasteiger partial charge in [-0.15, -0.1) is 10.2 Å². The number of aromatic nitrogens is 3. The highest BCUT2D eigenvalue weighted by molar-refractivity contribution is 5.22. The van der Waals surface area contributed by atoms with E-state index in [0.29, 0.717) is 17.2 Å². The summed E-state index contributed by atoms with van der Waals surface area (Å²) in [6, 6.07) is 9.93. The summed E-state index contributed by atoms with van der Waals surface area (Å²) in [4.78, 5) is 11.9. The fourth-order valence-corrected chi connectivity index (χ4v) is 2.38. The Labute approximate surface area is 171 Å². The molecule has 0 saturated carbocycles. The number of benzene rings is 1. The number of hydrogen-bond donors (Lipinski definition) is 1. The summed E-state index contributed by atoms with van der Waals surface area (Å²) in [5.74, 6) is 0.229. The van der Waals surface area contributed by atoms with Gasteiger partial charge in [0.2, 0.25) is 11.8 Å². The first-order valence-corrected chi connectivity index (χ1v) is 9.91. The Morgan fingerprint density at radius 2 is 1.83 bits per heavy atom. The van der Waals surface area contributed by atoms with Crippen LogP contribution in [-0.4, -0.2) is 14.8 Å². The second-order valence-corrected chi connectivity index (χ2v) is 6.08. The fourth-order valence-electron chi connectivity index (χ4n) is 2.38. The highest BCUT2D eigenvalue weighted by Crippen LogP contribution is 2.07. The minimum absolute atomic E-state index is 0.168. The summed E-state index contributed by atoms with van der Waals surface area (Å²) in [5.41, 5.74) is 7.53. The van der Waals surface area contributed by atoms with Crippen LogP contribution in [0, 0.1) is 6.92 Å². The van der Waals surface area contributed by atoms with Crippen LogP contribution in [0.4, 0.5) is 0 Å². The zero-order chi connectivity index (χ0) is 21.8. The van der Waals surface area contributed by atoms with Crippen molar-refractivity contribution in [3.05, 3.63) is 69.0 Å². The topological polar surface area (TPSA) is 100 Å². The van der Waals surface area contributed by atoms with Gasteiger partial charge in [-0.05, 0) is 33.3 Å². The molecule has 3 aromatic rings. The predicted octanol–water partition coefficient (Wildman–Crippen LogP) is 2.90. The Hall–Kier alpha value is -2.93. The molecule has 7 nitrogen and oxygen atoms in total. The van der Waals surface area contributed by atoms with E-state index in [1.54, 1.807) is 13.0 Å². The first-order valence-electron chi connectivity index (χ1n) is 9.91. The van der Waals surface area contributed by atoms with Crippen molar-refractivity contribution in [2.75, 3.05) is 0 Å². The van der Waals surface area contributed by atoms with E-state index in [0.717, 1.165) is 11.8 Å². The average molecular weight is 401 g/mol. The number of nitrogens with two attached hydrogens (primary N) is 1. The van der Waals surface area contributed by atoms with Crippen LogP contribution >= 0.6 is 0 Å². The smallest absolute Gasteiger partial charge is 0.420 e. The van der Waals surface area contributed by atoms with Crippen molar-refractivity contribution < 1.29 is 8.83 Å². The van der Waals surface area contributed by atoms with Crippen LogP contribution in [0.5, 0.6) is 0 Å². The van der Waals surface area contributed by atoms with Crippen LogP contribution < -0.4 is 22.3 Å². The molecule has 0 spiro atoms. The second-order valence-electron chi connectivity index (χ2n) is 6.08. The van der Waals surface area contributed by atoms with Crippen molar-refractivity contribution in [1.29, 1.82) is 0 Å². The minimum atomic E-state index is -0.446. The fraction of sp³-hybridized carbons (Fsp3) is 0.409. The van der Waals surface area contributed by atoms with Crippen molar-refractivity contribution in [1.82, 2.24) is 14.8 Å². The highest BCUT2D eigenvalue weighted by Gasteiger charge is 2.13. The molecule has 158 valence electrons. The van der Waals surface area contributed by atoms with E-state index in [1.807, 2.05) is 52.0 Å². The third-order valence-corrected chi connectivity index (χ3v) is 3.73. The van der Waals surface area contributed by atoms with E-state index in [-0.39, 0.29) is 12.6 Å². The van der Waals surface area contributed by atoms with Crippen molar-refractivity contribution in [2.24, 2.45) is 5.73 Å². The van der Waals surface area contributed by atoms with Gasteiger partial charge >= 0.3 is 5.76 Å². The van der Waals surface area contributed by atoms with Crippen LogP contribution in [0.15, 0.2) is 44.0 Å². The standard InChI is InChI=1S/C13H18N4O3.C7H8.C2H6/c1-4-6-9-10(5-2)19-13(18)17(9)7-11-15-16-12(20-11)8(3)14;1-7-5-3-2-4-6-7;1-2/h5-6,8H,4,7,14H2,1-3H3;2-6H,1H3;1-2H3/b9-6+,10-5+;;. The number of rotatable bonds is 4. The predicted molar refractivity (Wildman–Crippen MR) is 116 cm³/mol. The molecule has 0 aliphatic heterocycles. The SMILES string of the molecule is C/C=c1/oc(=O)n(Cc2nnc(C(C)N)o2)/c1=C/CC.CC.Cc1ccccc1. The maximum absolute atomic E-state index is 11.9. The molecule has 0 fully saturated rings. The molecule has 0 aliphatic carbocycles. The van der Waals surface area contributed by atoms with Gasteiger partial charge in [0.1, 0.15) is 6.54 Å². The van der Waals surface area contributed by atoms with Gasteiger partial charge in [0, 0.05) is 0 Å². The van der Waals surface area contributed by atoms with Gasteiger partial charge in [0.15, 0.2) is 5.42 Å². The average Bonchev–Trinajstić information content (AvgIpc) is 3.31. The molecule has 7 heteroatoms. The summed E-state index contributed by atoms with van der Waals surface area (Å²) in [5, 5.41) is 8.45. The lowest BCUT2D eigenvalue weighted by Gasteiger charge is -1.97. The first kappa shape index (κ1) is 24.1. The van der Waals surface area contributed by atoms with Gasteiger partial charge in [-0.25, -0.2) is 4.79 Å². The Bertz CT molecular complexity index is 1010. The molecule has 1 aromatic carbocycles. The van der Waals surface area contributed by atoms with Crippen LogP contribution in [0.2, 0.25) is 0 Å². The van der Waals surface area contributed by atoms with Gasteiger partial charge in [0.05, 0.1) is 11.4 Å². The molecule has 0 aliphatic rings. The molecule has 3 rings (SSSR count). The molecule has 1 unspecified atom stereocenters. The Morgan fingerprint density at radius 1 is 1.17 bits per heavy atom. The van der Waals surface area contributed by atoms with Gasteiger partial charge in [-0.1, -0.05) is 62.7 Å². The van der Waals surface area contributed by atoms with E-state index >= 15 is 0 Å². The van der Waals surface area contributed by atoms with Gasteiger partial charge in [-0.3, -0.25) is 4.57 Å². The van der Waals surface area contributed by atoms with E-state index in [2.05, 4.69) is 29.3 Å². The third kappa shape index (κ3) is 7.19. The number of hydrogen-bond acceptors (Lipinski definition) is 6. The molecule has 2 heterocycles. The van der Waals surface area contributed by atoms with Crippen molar-refractivity contribution in [3.63, 3.8) is 0 Å². The normalized spacial score (nSPS) is 12.7. The molecule has 0 saturated heterocycles. The lowest BCUT2D eigenvalue weighted by molar-refractivity contribution is 0.404. The Morgan fingerprint density at radius 3 is 2.28 bits per heavy atom.